The number of hydrogen-bond acceptors (Lipinski definition) is 6. The van der Waals surface area contributed by atoms with Gasteiger partial charge in [0.25, 0.3) is 0 Å². The fourth-order valence-electron chi connectivity index (χ4n) is 3.00. The van der Waals surface area contributed by atoms with Crippen molar-refractivity contribution in [3.8, 4) is 0 Å². The van der Waals surface area contributed by atoms with Gasteiger partial charge in [0.1, 0.15) is 12.1 Å². The Morgan fingerprint density at radius 3 is 2.69 bits per heavy atom. The van der Waals surface area contributed by atoms with Crippen molar-refractivity contribution in [2.75, 3.05) is 6.54 Å². The van der Waals surface area contributed by atoms with Crippen LogP contribution in [-0.2, 0) is 26.0 Å². The number of nitrogens with one attached hydrogen (secondary N) is 3. The molecule has 140 valence electrons. The van der Waals surface area contributed by atoms with Crippen LogP contribution in [0.1, 0.15) is 18.9 Å². The molecule has 2 aliphatic heterocycles. The molecule has 2 heterocycles. The topological polar surface area (TPSA) is 134 Å². The number of amides is 2. The zero-order valence-electron chi connectivity index (χ0n) is 14.2. The van der Waals surface area contributed by atoms with E-state index in [1.54, 1.807) is 30.3 Å². The summed E-state index contributed by atoms with van der Waals surface area (Å²) in [7, 11) is -3.70. The Balaban J connectivity index is 1.50. The van der Waals surface area contributed by atoms with Crippen LogP contribution in [0.15, 0.2) is 41.1 Å². The van der Waals surface area contributed by atoms with E-state index in [4.69, 9.17) is 5.14 Å². The molecule has 2 unspecified atom stereocenters. The summed E-state index contributed by atoms with van der Waals surface area (Å²) in [5, 5.41) is 12.3. The number of nitrogens with two attached hydrogens (primary N) is 1. The van der Waals surface area contributed by atoms with Crippen LogP contribution in [0.2, 0.25) is 0 Å². The van der Waals surface area contributed by atoms with Crippen LogP contribution in [0.4, 0.5) is 0 Å². The number of fused-ring (bicyclic) bond motifs is 1. The van der Waals surface area contributed by atoms with Gasteiger partial charge in [-0.25, -0.2) is 19.0 Å². The molecule has 0 aromatic heterocycles. The second kappa shape index (κ2) is 7.06. The van der Waals surface area contributed by atoms with Crippen molar-refractivity contribution in [3.63, 3.8) is 0 Å². The average molecular weight is 379 g/mol. The van der Waals surface area contributed by atoms with E-state index >= 15 is 0 Å². The molecule has 2 amide bonds. The molecule has 1 fully saturated rings. The van der Waals surface area contributed by atoms with E-state index < -0.39 is 16.1 Å². The van der Waals surface area contributed by atoms with Crippen LogP contribution in [0.3, 0.4) is 0 Å². The third-order valence-corrected chi connectivity index (χ3v) is 5.27. The van der Waals surface area contributed by atoms with E-state index in [0.717, 1.165) is 11.3 Å². The third-order valence-electron chi connectivity index (χ3n) is 4.34. The highest BCUT2D eigenvalue weighted by Gasteiger charge is 2.40. The number of sulfonamides is 1. The molecular formula is C16H21N5O4S. The number of carbonyl (C=O) groups excluding carboxylic acids is 2. The molecular weight excluding hydrogens is 358 g/mol. The van der Waals surface area contributed by atoms with Crippen LogP contribution < -0.4 is 21.2 Å². The Labute approximate surface area is 151 Å². The smallest absolute Gasteiger partial charge is 0.248 e. The summed E-state index contributed by atoms with van der Waals surface area (Å²) in [6, 6.07) is 5.35. The van der Waals surface area contributed by atoms with Crippen molar-refractivity contribution in [3.05, 3.63) is 41.7 Å². The van der Waals surface area contributed by atoms with Gasteiger partial charge < -0.3 is 15.6 Å². The summed E-state index contributed by atoms with van der Waals surface area (Å²) in [5.74, 6) is -0.304. The molecule has 0 saturated carbocycles. The van der Waals surface area contributed by atoms with Gasteiger partial charge >= 0.3 is 0 Å². The lowest BCUT2D eigenvalue weighted by atomic mass is 10.1. The van der Waals surface area contributed by atoms with E-state index in [1.165, 1.54) is 12.1 Å². The number of nitrogens with zero attached hydrogens (tertiary/aromatic N) is 1. The fourth-order valence-corrected chi connectivity index (χ4v) is 3.52. The molecule has 0 spiro atoms. The fraction of sp³-hybridized carbons (Fsp3) is 0.375. The highest BCUT2D eigenvalue weighted by atomic mass is 32.2. The summed E-state index contributed by atoms with van der Waals surface area (Å²) in [6.07, 6.45) is 2.72. The third kappa shape index (κ3) is 4.03. The highest BCUT2D eigenvalue weighted by Crippen LogP contribution is 2.19. The molecule has 2 atom stereocenters. The Morgan fingerprint density at radius 1 is 1.35 bits per heavy atom. The Hall–Kier alpha value is -2.43. The molecule has 3 rings (SSSR count). The van der Waals surface area contributed by atoms with Gasteiger partial charge in [-0.1, -0.05) is 12.1 Å². The minimum absolute atomic E-state index is 0.0544. The van der Waals surface area contributed by atoms with Gasteiger partial charge in [-0.05, 0) is 31.0 Å². The maximum atomic E-state index is 12.3. The lowest BCUT2D eigenvalue weighted by Crippen LogP contribution is -2.49. The van der Waals surface area contributed by atoms with Crippen LogP contribution in [0.25, 0.3) is 0 Å². The normalized spacial score (nSPS) is 22.5. The van der Waals surface area contributed by atoms with Crippen LogP contribution in [0.5, 0.6) is 0 Å². The standard InChI is InChI=1S/C16H21N5O4S/c1-10-9-21-14(16(23)19-10)8-13(20-21)15(22)18-7-6-11-2-4-12(5-3-11)26(17,24)25/h2-5,9,13-14,20H,6-8H2,1H3,(H,18,22)(H,19,23)(H2,17,24,25). The molecule has 0 radical (unpaired) electrons. The van der Waals surface area contributed by atoms with E-state index in [-0.39, 0.29) is 22.8 Å². The lowest BCUT2D eigenvalue weighted by Gasteiger charge is -2.27. The molecule has 2 aliphatic rings. The van der Waals surface area contributed by atoms with E-state index in [2.05, 4.69) is 16.1 Å². The van der Waals surface area contributed by atoms with Gasteiger partial charge in [0.05, 0.1) is 4.90 Å². The van der Waals surface area contributed by atoms with Crippen molar-refractivity contribution in [2.45, 2.75) is 36.7 Å². The largest absolute Gasteiger partial charge is 0.354 e. The number of benzene rings is 1. The summed E-state index contributed by atoms with van der Waals surface area (Å²) >= 11 is 0. The predicted molar refractivity (Wildman–Crippen MR) is 93.6 cm³/mol. The van der Waals surface area contributed by atoms with Crippen LogP contribution >= 0.6 is 0 Å². The molecule has 1 aromatic carbocycles. The van der Waals surface area contributed by atoms with E-state index in [1.807, 2.05) is 0 Å². The van der Waals surface area contributed by atoms with Gasteiger partial charge in [0, 0.05) is 24.9 Å². The summed E-state index contributed by atoms with van der Waals surface area (Å²) < 4.78 is 22.4. The maximum absolute atomic E-state index is 12.3. The minimum Gasteiger partial charge on any atom is -0.354 e. The van der Waals surface area contributed by atoms with Gasteiger partial charge in [-0.3, -0.25) is 9.59 Å². The molecule has 5 N–H and O–H groups in total. The molecule has 9 nitrogen and oxygen atoms in total. The Kier molecular flexibility index (Phi) is 4.99. The number of allylic oxidation sites excluding steroid dienone is 1. The van der Waals surface area contributed by atoms with E-state index in [9.17, 15) is 18.0 Å². The number of hydrogen-bond donors (Lipinski definition) is 4. The lowest BCUT2D eigenvalue weighted by molar-refractivity contribution is -0.125. The van der Waals surface area contributed by atoms with Crippen molar-refractivity contribution in [1.29, 1.82) is 0 Å². The summed E-state index contributed by atoms with van der Waals surface area (Å²) in [5.41, 5.74) is 4.64. The minimum atomic E-state index is -3.70. The zero-order chi connectivity index (χ0) is 18.9. The van der Waals surface area contributed by atoms with Gasteiger partial charge in [-0.2, -0.15) is 0 Å². The first kappa shape index (κ1) is 18.4. The van der Waals surface area contributed by atoms with E-state index in [0.29, 0.717) is 19.4 Å². The maximum Gasteiger partial charge on any atom is 0.248 e. The summed E-state index contributed by atoms with van der Waals surface area (Å²) in [6.45, 7) is 2.18. The number of carbonyl (C=O) groups is 2. The van der Waals surface area contributed by atoms with Crippen molar-refractivity contribution >= 4 is 21.8 Å². The van der Waals surface area contributed by atoms with Crippen molar-refractivity contribution in [2.24, 2.45) is 5.14 Å². The molecule has 26 heavy (non-hydrogen) atoms. The van der Waals surface area contributed by atoms with Crippen molar-refractivity contribution < 1.29 is 18.0 Å². The zero-order valence-corrected chi connectivity index (χ0v) is 15.0. The number of primary sulfonamides is 1. The van der Waals surface area contributed by atoms with Crippen LogP contribution in [0, 0.1) is 0 Å². The molecule has 0 bridgehead atoms. The average Bonchev–Trinajstić information content (AvgIpc) is 2.99. The first-order valence-electron chi connectivity index (χ1n) is 8.17. The molecule has 1 saturated heterocycles. The van der Waals surface area contributed by atoms with Gasteiger partial charge in [0.2, 0.25) is 21.8 Å². The SMILES string of the molecule is CC1=CN2NC(C(=O)NCCc3ccc(S(N)(=O)=O)cc3)CC2C(=O)N1. The van der Waals surface area contributed by atoms with Crippen LogP contribution in [-0.4, -0.2) is 43.9 Å². The summed E-state index contributed by atoms with van der Waals surface area (Å²) in [4.78, 5) is 24.3. The van der Waals surface area contributed by atoms with Gasteiger partial charge in [-0.15, -0.1) is 0 Å². The second-order valence-electron chi connectivity index (χ2n) is 6.37. The quantitative estimate of drug-likeness (QED) is 0.515. The molecule has 1 aromatic rings. The predicted octanol–water partition coefficient (Wildman–Crippen LogP) is -1.07. The Morgan fingerprint density at radius 2 is 2.04 bits per heavy atom. The Bertz CT molecular complexity index is 850. The first-order valence-corrected chi connectivity index (χ1v) is 9.72. The first-order chi connectivity index (χ1) is 12.2. The van der Waals surface area contributed by atoms with Crippen molar-refractivity contribution in [1.82, 2.24) is 21.1 Å². The molecule has 10 heteroatoms. The highest BCUT2D eigenvalue weighted by molar-refractivity contribution is 7.89. The molecule has 0 aliphatic carbocycles. The van der Waals surface area contributed by atoms with Gasteiger partial charge in [0.15, 0.2) is 0 Å². The second-order valence-corrected chi connectivity index (χ2v) is 7.93. The monoisotopic (exact) mass is 379 g/mol. The number of hydrazine groups is 1. The number of rotatable bonds is 5.